The van der Waals surface area contributed by atoms with E-state index in [1.165, 1.54) is 43.9 Å². The van der Waals surface area contributed by atoms with Crippen molar-refractivity contribution in [3.05, 3.63) is 206 Å². The molecular formula is C52H34N4. The Morgan fingerprint density at radius 1 is 0.339 bits per heavy atom. The van der Waals surface area contributed by atoms with Crippen LogP contribution in [0.5, 0.6) is 0 Å². The third-order valence-electron chi connectivity index (χ3n) is 10.9. The van der Waals surface area contributed by atoms with E-state index in [4.69, 9.17) is 9.97 Å². The van der Waals surface area contributed by atoms with Gasteiger partial charge in [0.2, 0.25) is 0 Å². The molecule has 4 heteroatoms. The van der Waals surface area contributed by atoms with Gasteiger partial charge in [0.05, 0.1) is 28.3 Å². The van der Waals surface area contributed by atoms with Gasteiger partial charge in [-0.1, -0.05) is 158 Å². The van der Waals surface area contributed by atoms with Gasteiger partial charge >= 0.3 is 0 Å². The maximum Gasteiger partial charge on any atom is 0.160 e. The molecule has 0 aliphatic carbocycles. The Morgan fingerprint density at radius 2 is 0.893 bits per heavy atom. The molecule has 0 N–H and O–H groups in total. The molecule has 0 amide bonds. The molecule has 8 aromatic carbocycles. The number of fused-ring (bicyclic) bond motifs is 8. The first-order valence-electron chi connectivity index (χ1n) is 19.0. The number of nitrogens with zero attached hydrogens (tertiary/aromatic N) is 4. The first-order chi connectivity index (χ1) is 27.7. The van der Waals surface area contributed by atoms with Gasteiger partial charge < -0.3 is 0 Å². The maximum atomic E-state index is 5.22. The summed E-state index contributed by atoms with van der Waals surface area (Å²) in [7, 11) is 0. The quantitative estimate of drug-likeness (QED) is 0.178. The molecule has 10 aromatic rings. The lowest BCUT2D eigenvalue weighted by Crippen LogP contribution is -2.13. The van der Waals surface area contributed by atoms with Crippen molar-refractivity contribution in [1.82, 2.24) is 14.5 Å². The summed E-state index contributed by atoms with van der Waals surface area (Å²) in [5.41, 5.74) is 14.0. The Kier molecular flexibility index (Phi) is 7.46. The van der Waals surface area contributed by atoms with E-state index in [1.807, 2.05) is 24.3 Å². The van der Waals surface area contributed by atoms with Crippen molar-refractivity contribution in [3.8, 4) is 61.8 Å². The second-order valence-corrected chi connectivity index (χ2v) is 14.3. The zero-order valence-electron chi connectivity index (χ0n) is 30.4. The minimum atomic E-state index is 0.693. The molecule has 0 saturated carbocycles. The Labute approximate surface area is 325 Å². The van der Waals surface area contributed by atoms with Gasteiger partial charge in [0, 0.05) is 38.9 Å². The van der Waals surface area contributed by atoms with E-state index in [9.17, 15) is 0 Å². The van der Waals surface area contributed by atoms with Crippen LogP contribution in [0.15, 0.2) is 206 Å². The molecule has 0 radical (unpaired) electrons. The largest absolute Gasteiger partial charge is 0.295 e. The summed E-state index contributed by atoms with van der Waals surface area (Å²) in [6, 6.07) is 73.4. The van der Waals surface area contributed by atoms with Crippen LogP contribution in [-0.2, 0) is 0 Å². The first kappa shape index (κ1) is 31.9. The highest BCUT2D eigenvalue weighted by Crippen LogP contribution is 2.49. The summed E-state index contributed by atoms with van der Waals surface area (Å²) in [5, 5.41) is 3.64. The molecule has 0 unspecified atom stereocenters. The molecule has 0 bridgehead atoms. The molecule has 2 aromatic heterocycles. The fourth-order valence-electron chi connectivity index (χ4n) is 8.22. The lowest BCUT2D eigenvalue weighted by molar-refractivity contribution is 1.09. The molecular weight excluding hydrogens is 681 g/mol. The molecule has 0 fully saturated rings. The SMILES string of the molecule is c1ccc(-c2ccc(-c3cc(-c4cccc(N5c6ccccc6-c6ccccc6-n6c5cc5cc7ccccc7cc56)c4)nc(-c4ccccc4)n3)cc2)cc1. The van der Waals surface area contributed by atoms with E-state index in [0.29, 0.717) is 5.82 Å². The third-order valence-corrected chi connectivity index (χ3v) is 10.9. The minimum Gasteiger partial charge on any atom is -0.295 e. The summed E-state index contributed by atoms with van der Waals surface area (Å²) in [5.74, 6) is 1.77. The molecule has 262 valence electrons. The summed E-state index contributed by atoms with van der Waals surface area (Å²) in [6.45, 7) is 0. The highest BCUT2D eigenvalue weighted by molar-refractivity contribution is 6.04. The normalized spacial score (nSPS) is 11.9. The Hall–Kier alpha value is -7.56. The number of benzene rings is 8. The van der Waals surface area contributed by atoms with E-state index < -0.39 is 0 Å². The fraction of sp³-hybridized carbons (Fsp3) is 0. The molecule has 56 heavy (non-hydrogen) atoms. The Balaban J connectivity index is 1.10. The summed E-state index contributed by atoms with van der Waals surface area (Å²) >= 11 is 0. The van der Waals surface area contributed by atoms with Crippen LogP contribution >= 0.6 is 0 Å². The minimum absolute atomic E-state index is 0.693. The van der Waals surface area contributed by atoms with E-state index in [0.717, 1.165) is 51.0 Å². The summed E-state index contributed by atoms with van der Waals surface area (Å²) < 4.78 is 2.43. The molecule has 4 nitrogen and oxygen atoms in total. The van der Waals surface area contributed by atoms with Gasteiger partial charge in [0.25, 0.3) is 0 Å². The second-order valence-electron chi connectivity index (χ2n) is 14.3. The van der Waals surface area contributed by atoms with E-state index in [2.05, 4.69) is 191 Å². The van der Waals surface area contributed by atoms with Crippen LogP contribution in [0, 0.1) is 0 Å². The van der Waals surface area contributed by atoms with Gasteiger partial charge in [0.1, 0.15) is 5.82 Å². The summed E-state index contributed by atoms with van der Waals surface area (Å²) in [6.07, 6.45) is 0. The molecule has 1 aliphatic rings. The topological polar surface area (TPSA) is 34.0 Å². The molecule has 0 atom stereocenters. The first-order valence-corrected chi connectivity index (χ1v) is 19.0. The predicted octanol–water partition coefficient (Wildman–Crippen LogP) is 13.7. The Morgan fingerprint density at radius 3 is 1.64 bits per heavy atom. The number of hydrogen-bond acceptors (Lipinski definition) is 3. The molecule has 3 heterocycles. The average Bonchev–Trinajstić information content (AvgIpc) is 3.58. The number of anilines is 3. The Bertz CT molecular complexity index is 3070. The van der Waals surface area contributed by atoms with E-state index >= 15 is 0 Å². The second kappa shape index (κ2) is 13.1. The van der Waals surface area contributed by atoms with Crippen LogP contribution in [0.25, 0.3) is 83.5 Å². The zero-order chi connectivity index (χ0) is 37.0. The van der Waals surface area contributed by atoms with Crippen molar-refractivity contribution < 1.29 is 0 Å². The lowest BCUT2D eigenvalue weighted by Gasteiger charge is -2.26. The van der Waals surface area contributed by atoms with Gasteiger partial charge in [0.15, 0.2) is 5.82 Å². The number of rotatable bonds is 5. The standard InChI is InChI=1S/C52H34N4/c1-3-14-35(15-4-1)36-26-28-37(29-27-36)46-34-47(54-52(53-46)38-16-5-2-6-17-38)41-20-13-21-43(31-41)55-48-24-11-9-22-44(48)45-23-10-12-25-49(45)56-50-32-40-19-8-7-18-39(40)30-42(50)33-51(55)56/h1-34H. The van der Waals surface area contributed by atoms with Gasteiger partial charge in [-0.3, -0.25) is 9.47 Å². The van der Waals surface area contributed by atoms with E-state index in [-0.39, 0.29) is 0 Å². The van der Waals surface area contributed by atoms with Crippen molar-refractivity contribution in [3.63, 3.8) is 0 Å². The molecule has 0 saturated heterocycles. The van der Waals surface area contributed by atoms with Crippen LogP contribution in [-0.4, -0.2) is 14.5 Å². The van der Waals surface area contributed by atoms with Crippen LogP contribution in [0.4, 0.5) is 17.2 Å². The number of hydrogen-bond donors (Lipinski definition) is 0. The monoisotopic (exact) mass is 714 g/mol. The maximum absolute atomic E-state index is 5.22. The van der Waals surface area contributed by atoms with E-state index in [1.54, 1.807) is 0 Å². The molecule has 0 spiro atoms. The average molecular weight is 715 g/mol. The predicted molar refractivity (Wildman–Crippen MR) is 232 cm³/mol. The number of aromatic nitrogens is 3. The van der Waals surface area contributed by atoms with Crippen molar-refractivity contribution in [1.29, 1.82) is 0 Å². The van der Waals surface area contributed by atoms with Crippen molar-refractivity contribution in [2.75, 3.05) is 4.90 Å². The fourth-order valence-corrected chi connectivity index (χ4v) is 8.22. The highest BCUT2D eigenvalue weighted by atomic mass is 15.3. The zero-order valence-corrected chi connectivity index (χ0v) is 30.4. The van der Waals surface area contributed by atoms with Crippen LogP contribution in [0.3, 0.4) is 0 Å². The van der Waals surface area contributed by atoms with Crippen molar-refractivity contribution in [2.24, 2.45) is 0 Å². The smallest absolute Gasteiger partial charge is 0.160 e. The van der Waals surface area contributed by atoms with Gasteiger partial charge in [-0.05, 0) is 70.4 Å². The van der Waals surface area contributed by atoms with Crippen LogP contribution < -0.4 is 4.90 Å². The highest BCUT2D eigenvalue weighted by Gasteiger charge is 2.28. The third kappa shape index (κ3) is 5.39. The lowest BCUT2D eigenvalue weighted by atomic mass is 10.0. The molecule has 11 rings (SSSR count). The van der Waals surface area contributed by atoms with Gasteiger partial charge in [-0.2, -0.15) is 0 Å². The number of para-hydroxylation sites is 2. The van der Waals surface area contributed by atoms with Crippen LogP contribution in [0.2, 0.25) is 0 Å². The molecule has 1 aliphatic heterocycles. The van der Waals surface area contributed by atoms with Crippen molar-refractivity contribution >= 4 is 38.9 Å². The van der Waals surface area contributed by atoms with Gasteiger partial charge in [-0.25, -0.2) is 9.97 Å². The van der Waals surface area contributed by atoms with Crippen molar-refractivity contribution in [2.45, 2.75) is 0 Å². The summed E-state index contributed by atoms with van der Waals surface area (Å²) in [4.78, 5) is 12.8. The van der Waals surface area contributed by atoms with Crippen LogP contribution in [0.1, 0.15) is 0 Å². The van der Waals surface area contributed by atoms with Gasteiger partial charge in [-0.15, -0.1) is 0 Å².